The number of likely N-dealkylation sites (tertiary alicyclic amines) is 1. The van der Waals surface area contributed by atoms with Gasteiger partial charge in [0, 0.05) is 30.2 Å². The highest BCUT2D eigenvalue weighted by Crippen LogP contribution is 2.54. The smallest absolute Gasteiger partial charge is 0.209 e. The summed E-state index contributed by atoms with van der Waals surface area (Å²) >= 11 is 3.50. The molecular weight excluding hydrogens is 586 g/mol. The Morgan fingerprint density at radius 3 is 2.07 bits per heavy atom. The number of para-hydroxylation sites is 1. The molecule has 1 atom stereocenters. The molecule has 2 aliphatic rings. The summed E-state index contributed by atoms with van der Waals surface area (Å²) in [6, 6.07) is 38.0. The first-order valence-corrected chi connectivity index (χ1v) is 15.7. The number of rotatable bonds is 10. The van der Waals surface area contributed by atoms with Crippen molar-refractivity contribution in [2.45, 2.75) is 25.0 Å². The van der Waals surface area contributed by atoms with Gasteiger partial charge >= 0.3 is 0 Å². The van der Waals surface area contributed by atoms with Crippen molar-refractivity contribution in [1.29, 1.82) is 0 Å². The van der Waals surface area contributed by atoms with E-state index in [4.69, 9.17) is 4.84 Å². The number of carbonyl (C=O) groups excluding carboxylic acids is 1. The van der Waals surface area contributed by atoms with E-state index in [0.717, 1.165) is 72.4 Å². The highest BCUT2D eigenvalue weighted by molar-refractivity contribution is 9.10. The molecule has 6 rings (SSSR count). The normalized spacial score (nSPS) is 21.1. The zero-order valence-electron chi connectivity index (χ0n) is 24.2. The third kappa shape index (κ3) is 5.62. The van der Waals surface area contributed by atoms with Crippen molar-refractivity contribution in [1.82, 2.24) is 14.9 Å². The van der Waals surface area contributed by atoms with Gasteiger partial charge in [-0.3, -0.25) is 0 Å². The fourth-order valence-corrected chi connectivity index (χ4v) is 7.10. The summed E-state index contributed by atoms with van der Waals surface area (Å²) in [5.74, 6) is 0. The Kier molecular flexibility index (Phi) is 8.44. The molecule has 0 spiro atoms. The summed E-state index contributed by atoms with van der Waals surface area (Å²) in [4.78, 5) is 22.7. The number of benzene rings is 4. The number of quaternary nitrogens is 1. The summed E-state index contributed by atoms with van der Waals surface area (Å²) < 4.78 is 1.36. The van der Waals surface area contributed by atoms with E-state index in [-0.39, 0.29) is 4.65 Å². The molecule has 1 unspecified atom stereocenters. The molecule has 0 aromatic heterocycles. The molecule has 1 saturated heterocycles. The van der Waals surface area contributed by atoms with Gasteiger partial charge in [-0.1, -0.05) is 101 Å². The number of hydrogen-bond donors (Lipinski definition) is 1. The number of piperidine rings is 1. The standard InChI is InChI=1S/C36H39BrN3O2/c1-40(27-35(28-41)20-23-39(24-21-35)25-22-38-26-29-16-18-32(37)19-17-29)34-15-9-8-14-33(34)36(42-40,30-10-4-2-5-11-30)31-12-6-3-7-13-31/h2-19,28,38H,20-27H2,1H3/q+1. The van der Waals surface area contributed by atoms with Crippen molar-refractivity contribution in [2.75, 3.05) is 39.8 Å². The molecule has 2 aliphatic heterocycles. The zero-order valence-corrected chi connectivity index (χ0v) is 25.8. The van der Waals surface area contributed by atoms with E-state index in [0.29, 0.717) is 6.54 Å². The maximum absolute atomic E-state index is 12.9. The van der Waals surface area contributed by atoms with Gasteiger partial charge in [-0.05, 0) is 60.8 Å². The predicted octanol–water partition coefficient (Wildman–Crippen LogP) is 6.69. The quantitative estimate of drug-likeness (QED) is 0.121. The number of fused-ring (bicyclic) bond motifs is 1. The summed E-state index contributed by atoms with van der Waals surface area (Å²) in [5, 5.41) is 3.57. The van der Waals surface area contributed by atoms with Crippen LogP contribution in [-0.4, -0.2) is 51.0 Å². The number of nitrogens with one attached hydrogen (secondary N) is 1. The number of hydroxylamine groups is 2. The predicted molar refractivity (Wildman–Crippen MR) is 173 cm³/mol. The Bertz CT molecular complexity index is 1450. The molecule has 1 N–H and O–H groups in total. The molecule has 0 aliphatic carbocycles. The lowest BCUT2D eigenvalue weighted by Gasteiger charge is -2.42. The van der Waals surface area contributed by atoms with Crippen LogP contribution >= 0.6 is 15.9 Å². The number of hydrogen-bond acceptors (Lipinski definition) is 4. The second-order valence-corrected chi connectivity index (χ2v) is 12.8. The van der Waals surface area contributed by atoms with Gasteiger partial charge in [0.15, 0.2) is 5.69 Å². The van der Waals surface area contributed by atoms with Crippen LogP contribution in [-0.2, 0) is 21.8 Å². The molecule has 0 bridgehead atoms. The molecule has 6 heteroatoms. The molecule has 42 heavy (non-hydrogen) atoms. The van der Waals surface area contributed by atoms with Crippen LogP contribution < -0.4 is 9.96 Å². The minimum Gasteiger partial charge on any atom is -0.311 e. The number of nitrogens with zero attached hydrogens (tertiary/aromatic N) is 2. The van der Waals surface area contributed by atoms with Gasteiger partial charge in [-0.25, -0.2) is 0 Å². The number of halogens is 1. The summed E-state index contributed by atoms with van der Waals surface area (Å²) in [7, 11) is 2.14. The lowest BCUT2D eigenvalue weighted by molar-refractivity contribution is -0.191. The lowest BCUT2D eigenvalue weighted by atomic mass is 9.78. The van der Waals surface area contributed by atoms with Crippen LogP contribution in [0.4, 0.5) is 5.69 Å². The molecule has 0 amide bonds. The SMILES string of the molecule is C[N+]1(CC2(C=O)CCN(CCNCc3ccc(Br)cc3)CC2)OC(c2ccccc2)(c2ccccc2)c2ccccc21. The van der Waals surface area contributed by atoms with Crippen molar-refractivity contribution in [2.24, 2.45) is 5.41 Å². The van der Waals surface area contributed by atoms with Gasteiger partial charge < -0.3 is 15.0 Å². The molecule has 2 heterocycles. The molecule has 4 aromatic carbocycles. The van der Waals surface area contributed by atoms with Crippen molar-refractivity contribution >= 4 is 27.9 Å². The van der Waals surface area contributed by atoms with Crippen LogP contribution in [0.2, 0.25) is 0 Å². The first-order valence-electron chi connectivity index (χ1n) is 14.9. The molecule has 0 radical (unpaired) electrons. The van der Waals surface area contributed by atoms with Crippen LogP contribution in [0.1, 0.15) is 35.1 Å². The van der Waals surface area contributed by atoms with Gasteiger partial charge in [-0.2, -0.15) is 4.84 Å². The topological polar surface area (TPSA) is 41.6 Å². The summed E-state index contributed by atoms with van der Waals surface area (Å²) in [5.41, 5.74) is 4.51. The second kappa shape index (κ2) is 12.2. The van der Waals surface area contributed by atoms with E-state index >= 15 is 0 Å². The lowest BCUT2D eigenvalue weighted by Crippen LogP contribution is -2.56. The Morgan fingerprint density at radius 1 is 0.857 bits per heavy atom. The first-order chi connectivity index (χ1) is 20.5. The van der Waals surface area contributed by atoms with Gasteiger partial charge in [0.25, 0.3) is 0 Å². The van der Waals surface area contributed by atoms with Gasteiger partial charge in [0.1, 0.15) is 19.9 Å². The van der Waals surface area contributed by atoms with E-state index < -0.39 is 11.0 Å². The largest absolute Gasteiger partial charge is 0.311 e. The van der Waals surface area contributed by atoms with Crippen molar-refractivity contribution in [3.63, 3.8) is 0 Å². The van der Waals surface area contributed by atoms with E-state index in [9.17, 15) is 4.79 Å². The van der Waals surface area contributed by atoms with E-state index in [1.807, 2.05) is 12.1 Å². The summed E-state index contributed by atoms with van der Waals surface area (Å²) in [6.07, 6.45) is 2.87. The van der Waals surface area contributed by atoms with Gasteiger partial charge in [0.2, 0.25) is 5.60 Å². The second-order valence-electron chi connectivity index (χ2n) is 11.9. The monoisotopic (exact) mass is 624 g/mol. The third-order valence-corrected chi connectivity index (χ3v) is 9.59. The van der Waals surface area contributed by atoms with Gasteiger partial charge in [0.05, 0.1) is 11.0 Å². The molecular formula is C36H39BrN3O2+. The first kappa shape index (κ1) is 29.0. The average Bonchev–Trinajstić information content (AvgIpc) is 3.31. The number of carbonyl (C=O) groups is 1. The fourth-order valence-electron chi connectivity index (χ4n) is 6.84. The van der Waals surface area contributed by atoms with Crippen LogP contribution in [0.25, 0.3) is 0 Å². The highest BCUT2D eigenvalue weighted by Gasteiger charge is 2.58. The zero-order chi connectivity index (χ0) is 29.0. The maximum atomic E-state index is 12.9. The fraction of sp³-hybridized carbons (Fsp3) is 0.306. The Morgan fingerprint density at radius 2 is 1.45 bits per heavy atom. The Hall–Kier alpha value is -3.13. The maximum Gasteiger partial charge on any atom is 0.209 e. The van der Waals surface area contributed by atoms with Crippen LogP contribution in [0, 0.1) is 5.41 Å². The summed E-state index contributed by atoms with van der Waals surface area (Å²) in [6.45, 7) is 5.17. The molecule has 5 nitrogen and oxygen atoms in total. The van der Waals surface area contributed by atoms with Crippen molar-refractivity contribution in [3.8, 4) is 0 Å². The minimum atomic E-state index is -0.765. The van der Waals surface area contributed by atoms with Crippen LogP contribution in [0.5, 0.6) is 0 Å². The molecule has 0 saturated carbocycles. The van der Waals surface area contributed by atoms with Crippen LogP contribution in [0.3, 0.4) is 0 Å². The van der Waals surface area contributed by atoms with Crippen molar-refractivity contribution < 1.29 is 9.63 Å². The van der Waals surface area contributed by atoms with Crippen molar-refractivity contribution in [3.05, 3.63) is 136 Å². The molecule has 4 aromatic rings. The number of aldehydes is 1. The third-order valence-electron chi connectivity index (χ3n) is 9.06. The minimum absolute atomic E-state index is 0.257. The molecule has 1 fully saturated rings. The Balaban J connectivity index is 1.19. The van der Waals surface area contributed by atoms with E-state index in [1.54, 1.807) is 0 Å². The highest BCUT2D eigenvalue weighted by atomic mass is 79.9. The van der Waals surface area contributed by atoms with Gasteiger partial charge in [-0.15, -0.1) is 4.65 Å². The molecule has 216 valence electrons. The van der Waals surface area contributed by atoms with E-state index in [2.05, 4.69) is 130 Å². The average molecular weight is 626 g/mol. The van der Waals surface area contributed by atoms with Crippen LogP contribution in [0.15, 0.2) is 114 Å². The Labute approximate surface area is 257 Å². The van der Waals surface area contributed by atoms with E-state index in [1.165, 1.54) is 11.8 Å².